The van der Waals surface area contributed by atoms with E-state index in [9.17, 15) is 9.59 Å². The summed E-state index contributed by atoms with van der Waals surface area (Å²) in [4.78, 5) is 24.1. The molecule has 0 fully saturated rings. The zero-order valence-electron chi connectivity index (χ0n) is 18.7. The van der Waals surface area contributed by atoms with E-state index in [2.05, 4.69) is 83.4 Å². The van der Waals surface area contributed by atoms with Crippen LogP contribution in [0.15, 0.2) is 72.8 Å². The molecular weight excluding hydrogens is 396 g/mol. The third-order valence-electron chi connectivity index (χ3n) is 6.12. The SMILES string of the molecule is CC(=O)N[C@H]1c2ccc(cc2)CCc2cccc(c2)CCc2ccc(cc2)[C@@H]1NC(C)=O. The molecule has 0 aromatic heterocycles. The molecular formula is C28H30N2O2. The number of nitrogens with one attached hydrogen (secondary N) is 2. The van der Waals surface area contributed by atoms with Gasteiger partial charge in [-0.3, -0.25) is 9.59 Å². The molecule has 0 saturated heterocycles. The van der Waals surface area contributed by atoms with Crippen LogP contribution in [0.1, 0.15) is 59.3 Å². The first kappa shape index (κ1) is 21.8. The molecule has 3 aliphatic carbocycles. The Morgan fingerprint density at radius 3 is 1.34 bits per heavy atom. The molecule has 3 aromatic rings. The molecule has 0 aliphatic heterocycles. The maximum Gasteiger partial charge on any atom is 0.217 e. The van der Waals surface area contributed by atoms with Gasteiger partial charge in [0.1, 0.15) is 0 Å². The average molecular weight is 427 g/mol. The Morgan fingerprint density at radius 1 is 0.594 bits per heavy atom. The maximum absolute atomic E-state index is 12.1. The lowest BCUT2D eigenvalue weighted by molar-refractivity contribution is -0.122. The second-order valence-corrected chi connectivity index (χ2v) is 8.66. The van der Waals surface area contributed by atoms with Crippen molar-refractivity contribution in [2.24, 2.45) is 0 Å². The van der Waals surface area contributed by atoms with Gasteiger partial charge in [-0.1, -0.05) is 72.8 Å². The van der Waals surface area contributed by atoms with Crippen molar-refractivity contribution >= 4 is 11.8 Å². The number of hydrogen-bond donors (Lipinski definition) is 2. The Balaban J connectivity index is 1.77. The fourth-order valence-electron chi connectivity index (χ4n) is 4.46. The van der Waals surface area contributed by atoms with Crippen molar-refractivity contribution in [3.05, 3.63) is 106 Å². The number of amides is 2. The Kier molecular flexibility index (Phi) is 6.69. The van der Waals surface area contributed by atoms with Gasteiger partial charge in [0.25, 0.3) is 0 Å². The molecule has 2 N–H and O–H groups in total. The van der Waals surface area contributed by atoms with Gasteiger partial charge in [-0.2, -0.15) is 0 Å². The van der Waals surface area contributed by atoms with Crippen LogP contribution >= 0.6 is 0 Å². The molecule has 6 bridgehead atoms. The Hall–Kier alpha value is -3.40. The van der Waals surface area contributed by atoms with Gasteiger partial charge in [-0.15, -0.1) is 0 Å². The van der Waals surface area contributed by atoms with E-state index in [1.54, 1.807) is 0 Å². The standard InChI is InChI=1S/C28H30N2O2/c1-19(31)29-27-25-14-10-21(11-15-25)6-8-23-4-3-5-24(18-23)9-7-22-12-16-26(17-13-22)28(27)30-20(2)32/h3-5,10-18,27-28H,6-9H2,1-2H3,(H,29,31)(H,30,32)/t27-,28-/m0/s1. The maximum atomic E-state index is 12.1. The third kappa shape index (κ3) is 5.44. The molecule has 6 rings (SSSR count). The van der Waals surface area contributed by atoms with Crippen LogP contribution in [0.2, 0.25) is 0 Å². The van der Waals surface area contributed by atoms with Gasteiger partial charge in [0.2, 0.25) is 11.8 Å². The lowest BCUT2D eigenvalue weighted by Gasteiger charge is -2.29. The number of benzene rings is 3. The summed E-state index contributed by atoms with van der Waals surface area (Å²) in [6.07, 6.45) is 3.90. The minimum atomic E-state index is -0.359. The summed E-state index contributed by atoms with van der Waals surface area (Å²) >= 11 is 0. The lowest BCUT2D eigenvalue weighted by atomic mass is 9.91. The van der Waals surface area contributed by atoms with Crippen LogP contribution in [-0.2, 0) is 35.3 Å². The fourth-order valence-corrected chi connectivity index (χ4v) is 4.46. The highest BCUT2D eigenvalue weighted by molar-refractivity contribution is 5.75. The van der Waals surface area contributed by atoms with Crippen molar-refractivity contribution in [2.75, 3.05) is 0 Å². The van der Waals surface area contributed by atoms with E-state index >= 15 is 0 Å². The van der Waals surface area contributed by atoms with E-state index in [0.717, 1.165) is 36.8 Å². The molecule has 32 heavy (non-hydrogen) atoms. The molecule has 164 valence electrons. The van der Waals surface area contributed by atoms with E-state index in [-0.39, 0.29) is 23.9 Å². The van der Waals surface area contributed by atoms with Gasteiger partial charge in [0.15, 0.2) is 0 Å². The number of fused-ring (bicyclic) bond motifs is 2. The highest BCUT2D eigenvalue weighted by atomic mass is 16.2. The highest BCUT2D eigenvalue weighted by Crippen LogP contribution is 2.30. The first-order valence-electron chi connectivity index (χ1n) is 11.3. The molecule has 3 aromatic carbocycles. The Morgan fingerprint density at radius 2 is 0.969 bits per heavy atom. The van der Waals surface area contributed by atoms with Crippen LogP contribution in [0.3, 0.4) is 0 Å². The molecule has 4 heteroatoms. The second-order valence-electron chi connectivity index (χ2n) is 8.66. The van der Waals surface area contributed by atoms with Crippen LogP contribution < -0.4 is 10.6 Å². The quantitative estimate of drug-likeness (QED) is 0.628. The minimum Gasteiger partial charge on any atom is -0.347 e. The minimum absolute atomic E-state index is 0.129. The molecule has 0 unspecified atom stereocenters. The fraction of sp³-hybridized carbons (Fsp3) is 0.286. The molecule has 0 saturated carbocycles. The summed E-state index contributed by atoms with van der Waals surface area (Å²) in [7, 11) is 0. The second kappa shape index (κ2) is 9.82. The third-order valence-corrected chi connectivity index (χ3v) is 6.12. The van der Waals surface area contributed by atoms with E-state index in [0.29, 0.717) is 0 Å². The van der Waals surface area contributed by atoms with Crippen LogP contribution in [-0.4, -0.2) is 11.8 Å². The van der Waals surface area contributed by atoms with E-state index in [1.807, 2.05) is 0 Å². The first-order chi connectivity index (χ1) is 15.5. The van der Waals surface area contributed by atoms with Crippen molar-refractivity contribution in [1.29, 1.82) is 0 Å². The predicted molar refractivity (Wildman–Crippen MR) is 127 cm³/mol. The van der Waals surface area contributed by atoms with Crippen LogP contribution in [0, 0.1) is 0 Å². The summed E-state index contributed by atoms with van der Waals surface area (Å²) in [5.41, 5.74) is 7.16. The predicted octanol–water partition coefficient (Wildman–Crippen LogP) is 4.63. The Labute approximate surface area is 190 Å². The van der Waals surface area contributed by atoms with Crippen LogP contribution in [0.4, 0.5) is 0 Å². The topological polar surface area (TPSA) is 58.2 Å². The molecule has 3 aliphatic rings. The van der Waals surface area contributed by atoms with Gasteiger partial charge < -0.3 is 10.6 Å². The largest absolute Gasteiger partial charge is 0.347 e. The molecule has 0 spiro atoms. The summed E-state index contributed by atoms with van der Waals surface area (Å²) in [6, 6.07) is 24.9. The van der Waals surface area contributed by atoms with Crippen molar-refractivity contribution in [3.8, 4) is 0 Å². The number of carbonyl (C=O) groups is 2. The van der Waals surface area contributed by atoms with E-state index < -0.39 is 0 Å². The Bertz CT molecular complexity index is 1000. The monoisotopic (exact) mass is 426 g/mol. The van der Waals surface area contributed by atoms with Gasteiger partial charge in [0.05, 0.1) is 12.1 Å². The zero-order chi connectivity index (χ0) is 22.5. The van der Waals surface area contributed by atoms with Gasteiger partial charge in [-0.05, 0) is 59.1 Å². The molecule has 0 radical (unpaired) electrons. The molecule has 4 nitrogen and oxygen atoms in total. The van der Waals surface area contributed by atoms with Gasteiger partial charge in [0, 0.05) is 13.8 Å². The van der Waals surface area contributed by atoms with Crippen molar-refractivity contribution in [1.82, 2.24) is 10.6 Å². The summed E-state index contributed by atoms with van der Waals surface area (Å²) in [6.45, 7) is 3.03. The summed E-state index contributed by atoms with van der Waals surface area (Å²) < 4.78 is 0. The number of hydrogen-bond acceptors (Lipinski definition) is 2. The van der Waals surface area contributed by atoms with Gasteiger partial charge in [-0.25, -0.2) is 0 Å². The van der Waals surface area contributed by atoms with Gasteiger partial charge >= 0.3 is 0 Å². The molecule has 0 heterocycles. The van der Waals surface area contributed by atoms with Crippen LogP contribution in [0.5, 0.6) is 0 Å². The number of aryl methyl sites for hydroxylation is 4. The number of rotatable bonds is 2. The van der Waals surface area contributed by atoms with Crippen LogP contribution in [0.25, 0.3) is 0 Å². The van der Waals surface area contributed by atoms with Crippen molar-refractivity contribution in [2.45, 2.75) is 51.6 Å². The average Bonchev–Trinajstić information content (AvgIpc) is 2.79. The smallest absolute Gasteiger partial charge is 0.217 e. The lowest BCUT2D eigenvalue weighted by Crippen LogP contribution is -2.39. The molecule has 2 amide bonds. The zero-order valence-corrected chi connectivity index (χ0v) is 18.7. The van der Waals surface area contributed by atoms with Crippen molar-refractivity contribution < 1.29 is 9.59 Å². The summed E-state index contributed by atoms with van der Waals surface area (Å²) in [5, 5.41) is 6.13. The van der Waals surface area contributed by atoms with E-state index in [1.165, 1.54) is 36.1 Å². The first-order valence-corrected chi connectivity index (χ1v) is 11.3. The normalized spacial score (nSPS) is 18.1. The number of carbonyl (C=O) groups excluding carboxylic acids is 2. The highest BCUT2D eigenvalue weighted by Gasteiger charge is 2.26. The summed E-state index contributed by atoms with van der Waals surface area (Å²) in [5.74, 6) is -0.257. The van der Waals surface area contributed by atoms with Crippen molar-refractivity contribution in [3.63, 3.8) is 0 Å². The van der Waals surface area contributed by atoms with E-state index in [4.69, 9.17) is 0 Å². The molecule has 2 atom stereocenters.